The highest BCUT2D eigenvalue weighted by molar-refractivity contribution is 7.92. The second-order valence-corrected chi connectivity index (χ2v) is 8.03. The minimum absolute atomic E-state index is 0.0481. The van der Waals surface area contributed by atoms with Gasteiger partial charge in [0, 0.05) is 19.3 Å². The third kappa shape index (κ3) is 3.59. The average Bonchev–Trinajstić information content (AvgIpc) is 2.73. The number of carbonyl (C=O) groups excluding carboxylic acids is 1. The second kappa shape index (κ2) is 5.36. The van der Waals surface area contributed by atoms with E-state index in [0.29, 0.717) is 19.4 Å². The molecule has 0 saturated carbocycles. The zero-order valence-electron chi connectivity index (χ0n) is 11.3. The predicted octanol–water partition coefficient (Wildman–Crippen LogP) is 0.0682. The van der Waals surface area contributed by atoms with Crippen LogP contribution in [0.15, 0.2) is 0 Å². The summed E-state index contributed by atoms with van der Waals surface area (Å²) in [6, 6.07) is -1.34. The maximum Gasteiger partial charge on any atom is 0.326 e. The van der Waals surface area contributed by atoms with E-state index in [1.54, 1.807) is 0 Å². The first-order valence-corrected chi connectivity index (χ1v) is 7.92. The van der Waals surface area contributed by atoms with E-state index < -0.39 is 32.6 Å². The molecule has 1 fully saturated rings. The fourth-order valence-electron chi connectivity index (χ4n) is 1.79. The lowest BCUT2D eigenvalue weighted by atomic mass is 10.2. The molecule has 19 heavy (non-hydrogen) atoms. The van der Waals surface area contributed by atoms with Gasteiger partial charge < -0.3 is 15.3 Å². The van der Waals surface area contributed by atoms with Crippen LogP contribution >= 0.6 is 0 Å². The van der Waals surface area contributed by atoms with Gasteiger partial charge in [-0.25, -0.2) is 18.0 Å². The Morgan fingerprint density at radius 3 is 2.47 bits per heavy atom. The van der Waals surface area contributed by atoms with Crippen molar-refractivity contribution in [1.29, 1.82) is 0 Å². The zero-order valence-corrected chi connectivity index (χ0v) is 12.2. The quantitative estimate of drug-likeness (QED) is 0.763. The van der Waals surface area contributed by atoms with Gasteiger partial charge in [-0.15, -0.1) is 0 Å². The van der Waals surface area contributed by atoms with E-state index in [-0.39, 0.29) is 6.54 Å². The largest absolute Gasteiger partial charge is 0.480 e. The number of hydrogen-bond donors (Lipinski definition) is 2. The van der Waals surface area contributed by atoms with Gasteiger partial charge in [-0.1, -0.05) is 0 Å². The molecule has 2 N–H and O–H groups in total. The standard InChI is InChI=1S/C11H20N2O5S/c1-11(2,19(3,17)18)7-12-10(16)13-6-4-5-8(13)9(14)15/h8H,4-7H2,1-3H3,(H,12,16)(H,14,15)/t8-/m1/s1. The van der Waals surface area contributed by atoms with Crippen molar-refractivity contribution in [2.24, 2.45) is 0 Å². The van der Waals surface area contributed by atoms with Gasteiger partial charge in [0.25, 0.3) is 0 Å². The number of nitrogens with zero attached hydrogens (tertiary/aromatic N) is 1. The van der Waals surface area contributed by atoms with Crippen LogP contribution in [0.2, 0.25) is 0 Å². The van der Waals surface area contributed by atoms with E-state index in [2.05, 4.69) is 5.32 Å². The van der Waals surface area contributed by atoms with Gasteiger partial charge in [-0.05, 0) is 26.7 Å². The number of carboxylic acid groups (broad SMARTS) is 1. The molecule has 7 nitrogen and oxygen atoms in total. The van der Waals surface area contributed by atoms with E-state index >= 15 is 0 Å². The molecule has 0 spiro atoms. The molecule has 1 saturated heterocycles. The summed E-state index contributed by atoms with van der Waals surface area (Å²) < 4.78 is 21.9. The van der Waals surface area contributed by atoms with Crippen molar-refractivity contribution in [1.82, 2.24) is 10.2 Å². The fraction of sp³-hybridized carbons (Fsp3) is 0.818. The molecule has 0 bridgehead atoms. The molecule has 1 atom stereocenters. The van der Waals surface area contributed by atoms with Crippen LogP contribution in [0.1, 0.15) is 26.7 Å². The number of nitrogens with one attached hydrogen (secondary N) is 1. The van der Waals surface area contributed by atoms with Crippen LogP contribution in [0, 0.1) is 0 Å². The van der Waals surface area contributed by atoms with Crippen molar-refractivity contribution in [3.8, 4) is 0 Å². The SMILES string of the molecule is CC(C)(CNC(=O)N1CCC[C@@H]1C(=O)O)S(C)(=O)=O. The van der Waals surface area contributed by atoms with Crippen LogP contribution in [0.25, 0.3) is 0 Å². The number of rotatable bonds is 4. The Morgan fingerprint density at radius 1 is 1.42 bits per heavy atom. The summed E-state index contributed by atoms with van der Waals surface area (Å²) in [6.07, 6.45) is 2.17. The van der Waals surface area contributed by atoms with E-state index in [9.17, 15) is 18.0 Å². The van der Waals surface area contributed by atoms with E-state index in [1.807, 2.05) is 0 Å². The van der Waals surface area contributed by atoms with Gasteiger partial charge in [-0.2, -0.15) is 0 Å². The number of likely N-dealkylation sites (tertiary alicyclic amines) is 1. The van der Waals surface area contributed by atoms with Gasteiger partial charge in [0.15, 0.2) is 9.84 Å². The smallest absolute Gasteiger partial charge is 0.326 e. The molecule has 1 aliphatic heterocycles. The highest BCUT2D eigenvalue weighted by Crippen LogP contribution is 2.18. The van der Waals surface area contributed by atoms with Crippen molar-refractivity contribution in [2.45, 2.75) is 37.5 Å². The highest BCUT2D eigenvalue weighted by atomic mass is 32.2. The Hall–Kier alpha value is -1.31. The maximum absolute atomic E-state index is 11.9. The predicted molar refractivity (Wildman–Crippen MR) is 69.7 cm³/mol. The summed E-state index contributed by atoms with van der Waals surface area (Å²) in [4.78, 5) is 24.1. The molecule has 1 aliphatic rings. The Kier molecular flexibility index (Phi) is 4.44. The number of urea groups is 1. The number of carboxylic acids is 1. The molecule has 0 aliphatic carbocycles. The summed E-state index contributed by atoms with van der Waals surface area (Å²) in [5.74, 6) is -1.03. The Labute approximate surface area is 112 Å². The van der Waals surface area contributed by atoms with Crippen LogP contribution in [-0.2, 0) is 14.6 Å². The molecular formula is C11H20N2O5S. The molecule has 8 heteroatoms. The minimum atomic E-state index is -3.30. The van der Waals surface area contributed by atoms with Crippen molar-refractivity contribution in [3.63, 3.8) is 0 Å². The molecule has 0 unspecified atom stereocenters. The topological polar surface area (TPSA) is 104 Å². The Balaban J connectivity index is 2.64. The number of amides is 2. The lowest BCUT2D eigenvalue weighted by Crippen LogP contribution is -2.50. The van der Waals surface area contributed by atoms with Crippen molar-refractivity contribution in [2.75, 3.05) is 19.3 Å². The third-order valence-corrected chi connectivity index (χ3v) is 5.62. The summed E-state index contributed by atoms with van der Waals surface area (Å²) in [5.41, 5.74) is 0. The zero-order chi connectivity index (χ0) is 14.8. The summed E-state index contributed by atoms with van der Waals surface area (Å²) in [6.45, 7) is 3.36. The van der Waals surface area contributed by atoms with E-state index in [0.717, 1.165) is 6.26 Å². The van der Waals surface area contributed by atoms with Gasteiger partial charge in [0.2, 0.25) is 0 Å². The normalized spacial score (nSPS) is 20.4. The van der Waals surface area contributed by atoms with Gasteiger partial charge >= 0.3 is 12.0 Å². The van der Waals surface area contributed by atoms with Gasteiger partial charge in [-0.3, -0.25) is 0 Å². The summed E-state index contributed by atoms with van der Waals surface area (Å²) in [7, 11) is -3.30. The Bertz CT molecular complexity index is 471. The van der Waals surface area contributed by atoms with Crippen molar-refractivity contribution in [3.05, 3.63) is 0 Å². The van der Waals surface area contributed by atoms with Crippen molar-refractivity contribution < 1.29 is 23.1 Å². The number of aliphatic carboxylic acids is 1. The Morgan fingerprint density at radius 2 is 2.00 bits per heavy atom. The van der Waals surface area contributed by atoms with Gasteiger partial charge in [0.1, 0.15) is 6.04 Å². The lowest BCUT2D eigenvalue weighted by Gasteiger charge is -2.26. The molecule has 0 aromatic carbocycles. The molecule has 2 amide bonds. The van der Waals surface area contributed by atoms with Crippen LogP contribution in [-0.4, -0.2) is 60.6 Å². The maximum atomic E-state index is 11.9. The summed E-state index contributed by atoms with van der Waals surface area (Å²) in [5, 5.41) is 11.5. The fourth-order valence-corrected chi connectivity index (χ4v) is 2.12. The first kappa shape index (κ1) is 15.7. The second-order valence-electron chi connectivity index (χ2n) is 5.38. The number of hydrogen-bond acceptors (Lipinski definition) is 4. The first-order chi connectivity index (χ1) is 8.56. The lowest BCUT2D eigenvalue weighted by molar-refractivity contribution is -0.141. The molecule has 110 valence electrons. The van der Waals surface area contributed by atoms with Crippen LogP contribution in [0.3, 0.4) is 0 Å². The van der Waals surface area contributed by atoms with E-state index in [1.165, 1.54) is 18.7 Å². The molecule has 0 aromatic heterocycles. The van der Waals surface area contributed by atoms with E-state index in [4.69, 9.17) is 5.11 Å². The van der Waals surface area contributed by atoms with Crippen LogP contribution < -0.4 is 5.32 Å². The number of carbonyl (C=O) groups is 2. The first-order valence-electron chi connectivity index (χ1n) is 6.03. The summed E-state index contributed by atoms with van der Waals surface area (Å²) >= 11 is 0. The highest BCUT2D eigenvalue weighted by Gasteiger charge is 2.36. The van der Waals surface area contributed by atoms with Gasteiger partial charge in [0.05, 0.1) is 4.75 Å². The molecule has 0 aromatic rings. The van der Waals surface area contributed by atoms with Crippen LogP contribution in [0.4, 0.5) is 4.79 Å². The number of sulfone groups is 1. The molecule has 1 rings (SSSR count). The average molecular weight is 292 g/mol. The monoisotopic (exact) mass is 292 g/mol. The third-order valence-electron chi connectivity index (χ3n) is 3.47. The minimum Gasteiger partial charge on any atom is -0.480 e. The van der Waals surface area contributed by atoms with Crippen molar-refractivity contribution >= 4 is 21.8 Å². The molecule has 1 heterocycles. The molecule has 0 radical (unpaired) electrons. The van der Waals surface area contributed by atoms with Crippen LogP contribution in [0.5, 0.6) is 0 Å². The molecular weight excluding hydrogens is 272 g/mol.